The van der Waals surface area contributed by atoms with Crippen LogP contribution in [0.4, 0.5) is 10.2 Å². The van der Waals surface area contributed by atoms with E-state index >= 15 is 0 Å². The average molecular weight is 220 g/mol. The molecule has 0 radical (unpaired) electrons. The fraction of sp³-hybridized carbons (Fsp3) is 0.182. The van der Waals surface area contributed by atoms with Gasteiger partial charge in [-0.15, -0.1) is 0 Å². The van der Waals surface area contributed by atoms with Crippen molar-refractivity contribution in [2.45, 2.75) is 6.42 Å². The van der Waals surface area contributed by atoms with E-state index in [1.807, 2.05) is 0 Å². The van der Waals surface area contributed by atoms with Gasteiger partial charge in [0, 0.05) is 18.2 Å². The van der Waals surface area contributed by atoms with Crippen LogP contribution in [0.1, 0.15) is 5.69 Å². The number of halogens is 1. The Balaban J connectivity index is 2.51. The molecule has 2 aromatic rings. The Labute approximate surface area is 92.7 Å². The molecule has 4 N–H and O–H groups in total. The first kappa shape index (κ1) is 10.6. The minimum atomic E-state index is -0.330. The largest absolute Gasteiger partial charge is 0.382 e. The highest BCUT2D eigenvalue weighted by atomic mass is 19.1. The Hall–Kier alpha value is -1.88. The maximum absolute atomic E-state index is 13.6. The third-order valence-electron chi connectivity index (χ3n) is 2.28. The zero-order chi connectivity index (χ0) is 11.5. The predicted molar refractivity (Wildman–Crippen MR) is 60.7 cm³/mol. The Bertz CT molecular complexity index is 492. The standard InChI is InChI=1S/C11H13FN4/c12-9-3-1-2-4-10(9)16-8(5-6-13)7-11(14)15-16/h1-4,7H,5-6,13H2,(H2,14,15). The maximum Gasteiger partial charge on any atom is 0.148 e. The van der Waals surface area contributed by atoms with Crippen molar-refractivity contribution < 1.29 is 4.39 Å². The second-order valence-corrected chi connectivity index (χ2v) is 3.46. The molecule has 2 rings (SSSR count). The summed E-state index contributed by atoms with van der Waals surface area (Å²) in [6.45, 7) is 0.472. The van der Waals surface area contributed by atoms with E-state index in [0.717, 1.165) is 5.69 Å². The van der Waals surface area contributed by atoms with E-state index in [2.05, 4.69) is 5.10 Å². The molecule has 0 aliphatic rings. The summed E-state index contributed by atoms with van der Waals surface area (Å²) in [6, 6.07) is 8.14. The van der Waals surface area contributed by atoms with Gasteiger partial charge in [0.15, 0.2) is 0 Å². The van der Waals surface area contributed by atoms with E-state index in [-0.39, 0.29) is 5.82 Å². The third kappa shape index (κ3) is 1.90. The fourth-order valence-electron chi connectivity index (χ4n) is 1.60. The normalized spacial score (nSPS) is 10.6. The first-order valence-electron chi connectivity index (χ1n) is 5.01. The molecule has 0 aliphatic carbocycles. The molecule has 0 amide bonds. The molecular weight excluding hydrogens is 207 g/mol. The molecule has 16 heavy (non-hydrogen) atoms. The minimum Gasteiger partial charge on any atom is -0.382 e. The molecule has 0 unspecified atom stereocenters. The monoisotopic (exact) mass is 220 g/mol. The lowest BCUT2D eigenvalue weighted by atomic mass is 10.2. The Morgan fingerprint density at radius 1 is 1.31 bits per heavy atom. The number of anilines is 1. The summed E-state index contributed by atoms with van der Waals surface area (Å²) in [7, 11) is 0. The smallest absolute Gasteiger partial charge is 0.148 e. The Morgan fingerprint density at radius 2 is 2.06 bits per heavy atom. The van der Waals surface area contributed by atoms with Gasteiger partial charge in [-0.05, 0) is 18.7 Å². The maximum atomic E-state index is 13.6. The molecule has 4 nitrogen and oxygen atoms in total. The van der Waals surface area contributed by atoms with Crippen molar-refractivity contribution in [2.75, 3.05) is 12.3 Å². The molecule has 84 valence electrons. The molecule has 0 aliphatic heterocycles. The van der Waals surface area contributed by atoms with Crippen LogP contribution >= 0.6 is 0 Å². The quantitative estimate of drug-likeness (QED) is 0.813. The molecule has 5 heteroatoms. The lowest BCUT2D eigenvalue weighted by molar-refractivity contribution is 0.606. The summed E-state index contributed by atoms with van der Waals surface area (Å²) in [5.41, 5.74) is 12.3. The summed E-state index contributed by atoms with van der Waals surface area (Å²) >= 11 is 0. The molecule has 0 spiro atoms. The van der Waals surface area contributed by atoms with E-state index in [9.17, 15) is 4.39 Å². The zero-order valence-electron chi connectivity index (χ0n) is 8.73. The number of nitrogens with zero attached hydrogens (tertiary/aromatic N) is 2. The van der Waals surface area contributed by atoms with Crippen molar-refractivity contribution >= 4 is 5.82 Å². The number of hydrogen-bond acceptors (Lipinski definition) is 3. The SMILES string of the molecule is NCCc1cc(N)nn1-c1ccccc1F. The second-order valence-electron chi connectivity index (χ2n) is 3.46. The second kappa shape index (κ2) is 4.32. The van der Waals surface area contributed by atoms with Crippen LogP contribution in [0, 0.1) is 5.82 Å². The van der Waals surface area contributed by atoms with Gasteiger partial charge in [0.2, 0.25) is 0 Å². The van der Waals surface area contributed by atoms with E-state index < -0.39 is 0 Å². The number of para-hydroxylation sites is 1. The van der Waals surface area contributed by atoms with Gasteiger partial charge >= 0.3 is 0 Å². The number of benzene rings is 1. The van der Waals surface area contributed by atoms with Crippen LogP contribution in [-0.4, -0.2) is 16.3 Å². The van der Waals surface area contributed by atoms with Crippen LogP contribution in [0.25, 0.3) is 5.69 Å². The van der Waals surface area contributed by atoms with Gasteiger partial charge in [0.1, 0.15) is 17.3 Å². The van der Waals surface area contributed by atoms with Crippen LogP contribution < -0.4 is 11.5 Å². The van der Waals surface area contributed by atoms with Gasteiger partial charge in [-0.25, -0.2) is 9.07 Å². The number of rotatable bonds is 3. The van der Waals surface area contributed by atoms with Crippen LogP contribution in [-0.2, 0) is 6.42 Å². The summed E-state index contributed by atoms with van der Waals surface area (Å²) in [5, 5.41) is 4.06. The highest BCUT2D eigenvalue weighted by molar-refractivity contribution is 5.39. The van der Waals surface area contributed by atoms with Crippen molar-refractivity contribution in [1.82, 2.24) is 9.78 Å². The molecule has 1 aromatic heterocycles. The van der Waals surface area contributed by atoms with E-state index in [0.29, 0.717) is 24.5 Å². The molecule has 0 saturated heterocycles. The summed E-state index contributed by atoms with van der Waals surface area (Å²) in [5.74, 6) is 0.0376. The van der Waals surface area contributed by atoms with Gasteiger partial charge < -0.3 is 11.5 Å². The van der Waals surface area contributed by atoms with Gasteiger partial charge in [0.25, 0.3) is 0 Å². The van der Waals surface area contributed by atoms with E-state index in [4.69, 9.17) is 11.5 Å². The highest BCUT2D eigenvalue weighted by Gasteiger charge is 2.10. The zero-order valence-corrected chi connectivity index (χ0v) is 8.73. The summed E-state index contributed by atoms with van der Waals surface area (Å²) in [4.78, 5) is 0. The van der Waals surface area contributed by atoms with E-state index in [1.54, 1.807) is 24.3 Å². The molecule has 0 saturated carbocycles. The van der Waals surface area contributed by atoms with Gasteiger partial charge in [-0.1, -0.05) is 12.1 Å². The first-order valence-corrected chi connectivity index (χ1v) is 5.01. The molecule has 0 atom stereocenters. The molecular formula is C11H13FN4. The van der Waals surface area contributed by atoms with Gasteiger partial charge in [-0.3, -0.25) is 0 Å². The van der Waals surface area contributed by atoms with Crippen molar-refractivity contribution in [3.05, 3.63) is 41.8 Å². The summed E-state index contributed by atoms with van der Waals surface area (Å²) < 4.78 is 15.1. The number of nitrogens with two attached hydrogens (primary N) is 2. The third-order valence-corrected chi connectivity index (χ3v) is 2.28. The first-order chi connectivity index (χ1) is 7.72. The lowest BCUT2D eigenvalue weighted by Crippen LogP contribution is -2.09. The Morgan fingerprint density at radius 3 is 2.75 bits per heavy atom. The topological polar surface area (TPSA) is 69.9 Å². The van der Waals surface area contributed by atoms with Crippen LogP contribution in [0.15, 0.2) is 30.3 Å². The molecule has 1 heterocycles. The molecule has 0 bridgehead atoms. The molecule has 0 fully saturated rings. The van der Waals surface area contributed by atoms with Gasteiger partial charge in [0.05, 0.1) is 0 Å². The van der Waals surface area contributed by atoms with Gasteiger partial charge in [-0.2, -0.15) is 5.10 Å². The Kier molecular flexibility index (Phi) is 2.87. The van der Waals surface area contributed by atoms with Crippen molar-refractivity contribution in [2.24, 2.45) is 5.73 Å². The number of hydrogen-bond donors (Lipinski definition) is 2. The fourth-order valence-corrected chi connectivity index (χ4v) is 1.60. The predicted octanol–water partition coefficient (Wildman–Crippen LogP) is 1.09. The van der Waals surface area contributed by atoms with Crippen molar-refractivity contribution in [3.63, 3.8) is 0 Å². The van der Waals surface area contributed by atoms with Crippen LogP contribution in [0.2, 0.25) is 0 Å². The van der Waals surface area contributed by atoms with Crippen molar-refractivity contribution in [1.29, 1.82) is 0 Å². The summed E-state index contributed by atoms with van der Waals surface area (Å²) in [6.07, 6.45) is 0.610. The van der Waals surface area contributed by atoms with E-state index in [1.165, 1.54) is 10.7 Å². The average Bonchev–Trinajstić information content (AvgIpc) is 2.61. The van der Waals surface area contributed by atoms with Crippen molar-refractivity contribution in [3.8, 4) is 5.69 Å². The minimum absolute atomic E-state index is 0.330. The van der Waals surface area contributed by atoms with Crippen LogP contribution in [0.3, 0.4) is 0 Å². The number of nitrogen functional groups attached to an aromatic ring is 1. The number of aromatic nitrogens is 2. The highest BCUT2D eigenvalue weighted by Crippen LogP contribution is 2.17. The molecule has 1 aromatic carbocycles. The lowest BCUT2D eigenvalue weighted by Gasteiger charge is -2.06. The van der Waals surface area contributed by atoms with Crippen LogP contribution in [0.5, 0.6) is 0 Å².